The van der Waals surface area contributed by atoms with Crippen LogP contribution < -0.4 is 10.6 Å². The van der Waals surface area contributed by atoms with E-state index in [-0.39, 0.29) is 30.2 Å². The van der Waals surface area contributed by atoms with Gasteiger partial charge in [-0.3, -0.25) is 9.59 Å². The lowest BCUT2D eigenvalue weighted by atomic mass is 10.1. The van der Waals surface area contributed by atoms with Crippen LogP contribution in [0.1, 0.15) is 45.6 Å². The van der Waals surface area contributed by atoms with Gasteiger partial charge in [0.05, 0.1) is 16.1 Å². The second-order valence-electron chi connectivity index (χ2n) is 5.15. The van der Waals surface area contributed by atoms with E-state index in [0.717, 1.165) is 12.0 Å². The summed E-state index contributed by atoms with van der Waals surface area (Å²) in [7, 11) is 0. The van der Waals surface area contributed by atoms with Crippen LogP contribution in [0.5, 0.6) is 0 Å². The maximum Gasteiger partial charge on any atom is 0.291 e. The quantitative estimate of drug-likeness (QED) is 0.725. The third-order valence-electron chi connectivity index (χ3n) is 3.41. The van der Waals surface area contributed by atoms with Crippen LogP contribution in [0.25, 0.3) is 0 Å². The van der Waals surface area contributed by atoms with Crippen molar-refractivity contribution in [1.29, 1.82) is 0 Å². The molecule has 0 aliphatic heterocycles. The molecular weight excluding hydrogens is 316 g/mol. The highest BCUT2D eigenvalue weighted by atomic mass is 32.1. The van der Waals surface area contributed by atoms with Crippen molar-refractivity contribution in [2.45, 2.75) is 32.7 Å². The van der Waals surface area contributed by atoms with Crippen LogP contribution in [0, 0.1) is 6.92 Å². The van der Waals surface area contributed by atoms with Gasteiger partial charge in [-0.05, 0) is 43.5 Å². The minimum atomic E-state index is -0.352. The number of anilines is 1. The number of rotatable bonds is 7. The molecule has 0 aliphatic carbocycles. The van der Waals surface area contributed by atoms with Gasteiger partial charge in [0.1, 0.15) is 0 Å². The van der Waals surface area contributed by atoms with E-state index < -0.39 is 0 Å². The van der Waals surface area contributed by atoms with Crippen LogP contribution in [0.2, 0.25) is 0 Å². The number of aryl methyl sites for hydroxylation is 1. The zero-order valence-electron chi connectivity index (χ0n) is 13.1. The van der Waals surface area contributed by atoms with Crippen LogP contribution in [0.4, 0.5) is 5.00 Å². The molecule has 124 valence electrons. The smallest absolute Gasteiger partial charge is 0.291 e. The van der Waals surface area contributed by atoms with Gasteiger partial charge in [-0.1, -0.05) is 6.92 Å². The number of hydrogen-bond donors (Lipinski definition) is 3. The molecule has 0 spiro atoms. The summed E-state index contributed by atoms with van der Waals surface area (Å²) >= 11 is 1.22. The number of carbonyl (C=O) groups is 2. The zero-order valence-corrected chi connectivity index (χ0v) is 13.9. The lowest BCUT2D eigenvalue weighted by molar-refractivity contribution is 0.0931. The molecule has 0 fully saturated rings. The average Bonchev–Trinajstić information content (AvgIpc) is 3.16. The molecule has 7 heteroatoms. The first-order chi connectivity index (χ1) is 11.0. The Morgan fingerprint density at radius 1 is 1.39 bits per heavy atom. The van der Waals surface area contributed by atoms with Gasteiger partial charge in [0.15, 0.2) is 5.76 Å². The molecule has 1 atom stereocenters. The van der Waals surface area contributed by atoms with Crippen LogP contribution in [0.15, 0.2) is 28.9 Å². The Kier molecular flexibility index (Phi) is 5.95. The summed E-state index contributed by atoms with van der Waals surface area (Å²) in [4.78, 5) is 24.8. The van der Waals surface area contributed by atoms with Gasteiger partial charge in [0.25, 0.3) is 11.8 Å². The summed E-state index contributed by atoms with van der Waals surface area (Å²) in [5.41, 5.74) is 0.793. The molecule has 2 aromatic heterocycles. The SMILES string of the molecule is CCC(CCO)NC(=O)c1sc(NC(=O)c2ccco2)cc1C. The minimum absolute atomic E-state index is 0.0344. The molecule has 0 radical (unpaired) electrons. The Bertz CT molecular complexity index is 664. The number of hydrogen-bond acceptors (Lipinski definition) is 5. The summed E-state index contributed by atoms with van der Waals surface area (Å²) in [5.74, 6) is -0.322. The van der Waals surface area contributed by atoms with Crippen molar-refractivity contribution in [2.24, 2.45) is 0 Å². The normalized spacial score (nSPS) is 12.0. The Balaban J connectivity index is 2.05. The van der Waals surface area contributed by atoms with Crippen LogP contribution in [0.3, 0.4) is 0 Å². The van der Waals surface area contributed by atoms with Crippen molar-refractivity contribution >= 4 is 28.2 Å². The van der Waals surface area contributed by atoms with E-state index in [9.17, 15) is 9.59 Å². The maximum atomic E-state index is 12.3. The van der Waals surface area contributed by atoms with Crippen LogP contribution >= 0.6 is 11.3 Å². The first kappa shape index (κ1) is 17.2. The number of furan rings is 1. The molecule has 2 aromatic rings. The highest BCUT2D eigenvalue weighted by Crippen LogP contribution is 2.27. The number of nitrogens with one attached hydrogen (secondary N) is 2. The third-order valence-corrected chi connectivity index (χ3v) is 4.56. The average molecular weight is 336 g/mol. The fourth-order valence-electron chi connectivity index (χ4n) is 2.14. The second-order valence-corrected chi connectivity index (χ2v) is 6.20. The van der Waals surface area contributed by atoms with Crippen molar-refractivity contribution in [3.05, 3.63) is 40.7 Å². The van der Waals surface area contributed by atoms with E-state index in [4.69, 9.17) is 9.52 Å². The van der Waals surface area contributed by atoms with Gasteiger partial charge in [-0.15, -0.1) is 11.3 Å². The molecule has 2 amide bonds. The highest BCUT2D eigenvalue weighted by Gasteiger charge is 2.18. The Morgan fingerprint density at radius 3 is 2.78 bits per heavy atom. The monoisotopic (exact) mass is 336 g/mol. The predicted octanol–water partition coefficient (Wildman–Crippen LogP) is 2.79. The molecule has 1 unspecified atom stereocenters. The summed E-state index contributed by atoms with van der Waals surface area (Å²) in [5, 5.41) is 15.2. The van der Waals surface area contributed by atoms with Crippen molar-refractivity contribution < 1.29 is 19.1 Å². The minimum Gasteiger partial charge on any atom is -0.459 e. The second kappa shape index (κ2) is 7.94. The van der Waals surface area contributed by atoms with E-state index >= 15 is 0 Å². The fraction of sp³-hybridized carbons (Fsp3) is 0.375. The molecule has 0 bridgehead atoms. The van der Waals surface area contributed by atoms with Crippen molar-refractivity contribution in [3.63, 3.8) is 0 Å². The summed E-state index contributed by atoms with van der Waals surface area (Å²) in [6.45, 7) is 3.81. The van der Waals surface area contributed by atoms with E-state index in [1.54, 1.807) is 18.2 Å². The number of amides is 2. The van der Waals surface area contributed by atoms with Crippen molar-refractivity contribution in [2.75, 3.05) is 11.9 Å². The molecule has 0 saturated carbocycles. The van der Waals surface area contributed by atoms with Crippen molar-refractivity contribution in [3.8, 4) is 0 Å². The molecule has 23 heavy (non-hydrogen) atoms. The highest BCUT2D eigenvalue weighted by molar-refractivity contribution is 7.18. The number of aliphatic hydroxyl groups excluding tert-OH is 1. The standard InChI is InChI=1S/C16H20N2O4S/c1-3-11(6-7-19)17-16(21)14-10(2)9-13(23-14)18-15(20)12-5-4-8-22-12/h4-5,8-9,11,19H,3,6-7H2,1-2H3,(H,17,21)(H,18,20). The fourth-order valence-corrected chi connectivity index (χ4v) is 3.11. The summed E-state index contributed by atoms with van der Waals surface area (Å²) in [6, 6.07) is 4.91. The maximum absolute atomic E-state index is 12.3. The Hall–Kier alpha value is -2.12. The van der Waals surface area contributed by atoms with Gasteiger partial charge in [-0.25, -0.2) is 0 Å². The number of thiophene rings is 1. The van der Waals surface area contributed by atoms with Gasteiger partial charge >= 0.3 is 0 Å². The largest absolute Gasteiger partial charge is 0.459 e. The van der Waals surface area contributed by atoms with E-state index in [0.29, 0.717) is 16.3 Å². The molecular formula is C16H20N2O4S. The van der Waals surface area contributed by atoms with E-state index in [1.807, 2.05) is 13.8 Å². The topological polar surface area (TPSA) is 91.6 Å². The zero-order chi connectivity index (χ0) is 16.8. The third kappa shape index (κ3) is 4.43. The Labute approximate surface area is 138 Å². The van der Waals surface area contributed by atoms with E-state index in [2.05, 4.69) is 10.6 Å². The summed E-state index contributed by atoms with van der Waals surface area (Å²) in [6.07, 6.45) is 2.70. The Morgan fingerprint density at radius 2 is 2.17 bits per heavy atom. The lowest BCUT2D eigenvalue weighted by Gasteiger charge is -2.15. The van der Waals surface area contributed by atoms with Gasteiger partial charge < -0.3 is 20.2 Å². The molecule has 6 nitrogen and oxygen atoms in total. The summed E-state index contributed by atoms with van der Waals surface area (Å²) < 4.78 is 5.04. The number of aliphatic hydroxyl groups is 1. The first-order valence-corrected chi connectivity index (χ1v) is 8.23. The lowest BCUT2D eigenvalue weighted by Crippen LogP contribution is -2.34. The van der Waals surface area contributed by atoms with Gasteiger partial charge in [0, 0.05) is 12.6 Å². The number of carbonyl (C=O) groups excluding carboxylic acids is 2. The van der Waals surface area contributed by atoms with Crippen LogP contribution in [-0.2, 0) is 0 Å². The van der Waals surface area contributed by atoms with Gasteiger partial charge in [0.2, 0.25) is 0 Å². The van der Waals surface area contributed by atoms with Gasteiger partial charge in [-0.2, -0.15) is 0 Å². The van der Waals surface area contributed by atoms with Crippen molar-refractivity contribution in [1.82, 2.24) is 5.32 Å². The predicted molar refractivity (Wildman–Crippen MR) is 89.0 cm³/mol. The molecule has 0 saturated heterocycles. The molecule has 2 rings (SSSR count). The molecule has 2 heterocycles. The first-order valence-electron chi connectivity index (χ1n) is 7.42. The molecule has 3 N–H and O–H groups in total. The van der Waals surface area contributed by atoms with E-state index in [1.165, 1.54) is 17.6 Å². The molecule has 0 aliphatic rings. The molecule has 0 aromatic carbocycles. The van der Waals surface area contributed by atoms with Crippen LogP contribution in [-0.4, -0.2) is 29.6 Å².